The lowest BCUT2D eigenvalue weighted by atomic mass is 9.89. The zero-order valence-corrected chi connectivity index (χ0v) is 14.2. The van der Waals surface area contributed by atoms with Gasteiger partial charge in [-0.15, -0.1) is 0 Å². The summed E-state index contributed by atoms with van der Waals surface area (Å²) >= 11 is 0. The SMILES string of the molecule is COc1cc(F)c(CN2Cc3ccccc3C(C(=O)O)C2)c(OC)c1. The summed E-state index contributed by atoms with van der Waals surface area (Å²) < 4.78 is 24.8. The third-order valence-electron chi connectivity index (χ3n) is 4.53. The Bertz CT molecular complexity index is 793. The molecule has 6 heteroatoms. The molecule has 1 unspecified atom stereocenters. The van der Waals surface area contributed by atoms with Crippen LogP contribution in [0.2, 0.25) is 0 Å². The summed E-state index contributed by atoms with van der Waals surface area (Å²) in [5.41, 5.74) is 2.18. The summed E-state index contributed by atoms with van der Waals surface area (Å²) in [5.74, 6) is -1.16. The fraction of sp³-hybridized carbons (Fsp3) is 0.316. The highest BCUT2D eigenvalue weighted by atomic mass is 19.1. The van der Waals surface area contributed by atoms with Crippen molar-refractivity contribution in [3.05, 3.63) is 58.9 Å². The quantitative estimate of drug-likeness (QED) is 0.903. The van der Waals surface area contributed by atoms with E-state index in [1.54, 1.807) is 6.07 Å². The number of nitrogens with zero attached hydrogens (tertiary/aromatic N) is 1. The minimum Gasteiger partial charge on any atom is -0.497 e. The Morgan fingerprint density at radius 2 is 2.04 bits per heavy atom. The average molecular weight is 345 g/mol. The molecule has 2 aromatic carbocycles. The first-order valence-electron chi connectivity index (χ1n) is 7.96. The maximum atomic E-state index is 14.5. The highest BCUT2D eigenvalue weighted by Gasteiger charge is 2.31. The molecule has 0 radical (unpaired) electrons. The van der Waals surface area contributed by atoms with E-state index in [0.717, 1.165) is 11.1 Å². The van der Waals surface area contributed by atoms with E-state index < -0.39 is 17.7 Å². The van der Waals surface area contributed by atoms with Crippen molar-refractivity contribution >= 4 is 5.97 Å². The van der Waals surface area contributed by atoms with Crippen molar-refractivity contribution in [3.8, 4) is 11.5 Å². The molecule has 0 aliphatic carbocycles. The predicted octanol–water partition coefficient (Wildman–Crippen LogP) is 3.03. The van der Waals surface area contributed by atoms with Crippen LogP contribution in [0.4, 0.5) is 4.39 Å². The smallest absolute Gasteiger partial charge is 0.312 e. The van der Waals surface area contributed by atoms with E-state index in [9.17, 15) is 14.3 Å². The van der Waals surface area contributed by atoms with Crippen LogP contribution in [-0.4, -0.2) is 36.7 Å². The Balaban J connectivity index is 1.91. The second kappa shape index (κ2) is 7.11. The second-order valence-corrected chi connectivity index (χ2v) is 6.05. The van der Waals surface area contributed by atoms with E-state index >= 15 is 0 Å². The number of halogens is 1. The molecular weight excluding hydrogens is 325 g/mol. The van der Waals surface area contributed by atoms with Gasteiger partial charge >= 0.3 is 5.97 Å². The number of carbonyl (C=O) groups is 1. The Labute approximate surface area is 145 Å². The summed E-state index contributed by atoms with van der Waals surface area (Å²) in [4.78, 5) is 13.6. The van der Waals surface area contributed by atoms with E-state index in [2.05, 4.69) is 0 Å². The maximum Gasteiger partial charge on any atom is 0.312 e. The maximum absolute atomic E-state index is 14.5. The monoisotopic (exact) mass is 345 g/mol. The molecule has 1 N–H and O–H groups in total. The molecule has 1 aliphatic rings. The highest BCUT2D eigenvalue weighted by molar-refractivity contribution is 5.77. The third-order valence-corrected chi connectivity index (χ3v) is 4.53. The number of carboxylic acids is 1. The van der Waals surface area contributed by atoms with Gasteiger partial charge in [0.15, 0.2) is 0 Å². The van der Waals surface area contributed by atoms with Crippen molar-refractivity contribution in [1.82, 2.24) is 4.90 Å². The summed E-state index contributed by atoms with van der Waals surface area (Å²) in [6.07, 6.45) is 0. The van der Waals surface area contributed by atoms with Crippen LogP contribution in [0.5, 0.6) is 11.5 Å². The summed E-state index contributed by atoms with van der Waals surface area (Å²) in [7, 11) is 2.94. The lowest BCUT2D eigenvalue weighted by molar-refractivity contribution is -0.139. The van der Waals surface area contributed by atoms with Crippen LogP contribution >= 0.6 is 0 Å². The van der Waals surface area contributed by atoms with Gasteiger partial charge in [0.25, 0.3) is 0 Å². The molecule has 0 saturated carbocycles. The molecule has 0 fully saturated rings. The van der Waals surface area contributed by atoms with Crippen molar-refractivity contribution < 1.29 is 23.8 Å². The molecule has 1 aliphatic heterocycles. The average Bonchev–Trinajstić information content (AvgIpc) is 2.62. The van der Waals surface area contributed by atoms with E-state index in [1.165, 1.54) is 20.3 Å². The van der Waals surface area contributed by atoms with E-state index in [-0.39, 0.29) is 6.54 Å². The Morgan fingerprint density at radius 3 is 2.72 bits per heavy atom. The number of methoxy groups -OCH3 is 2. The number of ether oxygens (including phenoxy) is 2. The van der Waals surface area contributed by atoms with Crippen molar-refractivity contribution in [2.75, 3.05) is 20.8 Å². The molecule has 2 aromatic rings. The van der Waals surface area contributed by atoms with E-state index in [4.69, 9.17) is 9.47 Å². The number of fused-ring (bicyclic) bond motifs is 1. The molecule has 0 saturated heterocycles. The number of hydrogen-bond acceptors (Lipinski definition) is 4. The third kappa shape index (κ3) is 3.44. The van der Waals surface area contributed by atoms with Crippen molar-refractivity contribution in [1.29, 1.82) is 0 Å². The van der Waals surface area contributed by atoms with Crippen LogP contribution in [0.15, 0.2) is 36.4 Å². The van der Waals surface area contributed by atoms with Gasteiger partial charge in [-0.05, 0) is 11.1 Å². The normalized spacial score (nSPS) is 17.0. The second-order valence-electron chi connectivity index (χ2n) is 6.05. The summed E-state index contributed by atoms with van der Waals surface area (Å²) in [6.45, 7) is 1.15. The number of carboxylic acid groups (broad SMARTS) is 1. The molecule has 1 heterocycles. The van der Waals surface area contributed by atoms with Gasteiger partial charge in [0.2, 0.25) is 0 Å². The van der Waals surface area contributed by atoms with Crippen LogP contribution in [-0.2, 0) is 17.9 Å². The van der Waals surface area contributed by atoms with E-state index in [1.807, 2.05) is 29.2 Å². The molecule has 0 spiro atoms. The fourth-order valence-corrected chi connectivity index (χ4v) is 3.28. The van der Waals surface area contributed by atoms with Gasteiger partial charge in [-0.2, -0.15) is 0 Å². The number of hydrogen-bond donors (Lipinski definition) is 1. The van der Waals surface area contributed by atoms with Crippen LogP contribution in [0, 0.1) is 5.82 Å². The van der Waals surface area contributed by atoms with Crippen molar-refractivity contribution in [2.45, 2.75) is 19.0 Å². The van der Waals surface area contributed by atoms with Crippen LogP contribution in [0.25, 0.3) is 0 Å². The zero-order valence-electron chi connectivity index (χ0n) is 14.2. The molecule has 0 amide bonds. The molecular formula is C19H20FNO4. The molecule has 3 rings (SSSR count). The Morgan fingerprint density at radius 1 is 1.28 bits per heavy atom. The minimum absolute atomic E-state index is 0.261. The Hall–Kier alpha value is -2.60. The van der Waals surface area contributed by atoms with Crippen LogP contribution in [0.3, 0.4) is 0 Å². The zero-order chi connectivity index (χ0) is 18.0. The number of rotatable bonds is 5. The van der Waals surface area contributed by atoms with Crippen molar-refractivity contribution in [2.24, 2.45) is 0 Å². The first kappa shape index (κ1) is 17.2. The van der Waals surface area contributed by atoms with E-state index in [0.29, 0.717) is 30.2 Å². The summed E-state index contributed by atoms with van der Waals surface area (Å²) in [6, 6.07) is 10.4. The first-order valence-corrected chi connectivity index (χ1v) is 7.96. The fourth-order valence-electron chi connectivity index (χ4n) is 3.28. The lowest BCUT2D eigenvalue weighted by Crippen LogP contribution is -2.36. The number of aliphatic carboxylic acids is 1. The summed E-state index contributed by atoms with van der Waals surface area (Å²) in [5, 5.41) is 9.55. The molecule has 0 aromatic heterocycles. The van der Waals surface area contributed by atoms with Gasteiger partial charge in [-0.25, -0.2) is 4.39 Å². The largest absolute Gasteiger partial charge is 0.497 e. The standard InChI is InChI=1S/C19H20FNO4/c1-24-13-7-17(20)16(18(8-13)25-2)11-21-9-12-5-3-4-6-14(12)15(10-21)19(22)23/h3-8,15H,9-11H2,1-2H3,(H,22,23). The molecule has 25 heavy (non-hydrogen) atoms. The molecule has 5 nitrogen and oxygen atoms in total. The first-order chi connectivity index (χ1) is 12.0. The number of benzene rings is 2. The van der Waals surface area contributed by atoms with Gasteiger partial charge in [-0.1, -0.05) is 24.3 Å². The van der Waals surface area contributed by atoms with Gasteiger partial charge in [-0.3, -0.25) is 9.69 Å². The molecule has 132 valence electrons. The topological polar surface area (TPSA) is 59.0 Å². The van der Waals surface area contributed by atoms with Gasteiger partial charge in [0.05, 0.1) is 20.1 Å². The van der Waals surface area contributed by atoms with Gasteiger partial charge < -0.3 is 14.6 Å². The highest BCUT2D eigenvalue weighted by Crippen LogP contribution is 2.33. The lowest BCUT2D eigenvalue weighted by Gasteiger charge is -2.33. The Kier molecular flexibility index (Phi) is 4.90. The van der Waals surface area contributed by atoms with Crippen molar-refractivity contribution in [3.63, 3.8) is 0 Å². The van der Waals surface area contributed by atoms with Crippen LogP contribution in [0.1, 0.15) is 22.6 Å². The van der Waals surface area contributed by atoms with Gasteiger partial charge in [0, 0.05) is 37.3 Å². The van der Waals surface area contributed by atoms with Gasteiger partial charge in [0.1, 0.15) is 17.3 Å². The van der Waals surface area contributed by atoms with Crippen LogP contribution < -0.4 is 9.47 Å². The predicted molar refractivity (Wildman–Crippen MR) is 90.4 cm³/mol. The molecule has 0 bridgehead atoms. The molecule has 1 atom stereocenters. The minimum atomic E-state index is -0.876.